The fourth-order valence-electron chi connectivity index (χ4n) is 1.38. The first-order valence-electron chi connectivity index (χ1n) is 4.59. The van der Waals surface area contributed by atoms with Crippen LogP contribution in [0.4, 0.5) is 0 Å². The van der Waals surface area contributed by atoms with Gasteiger partial charge in [0.1, 0.15) is 0 Å². The zero-order valence-corrected chi connectivity index (χ0v) is 11.7. The molecule has 0 bridgehead atoms. The van der Waals surface area contributed by atoms with E-state index < -0.39 is 8.46 Å². The van der Waals surface area contributed by atoms with Gasteiger partial charge in [0.25, 0.3) is 0 Å². The third kappa shape index (κ3) is 3.30. The van der Waals surface area contributed by atoms with Crippen molar-refractivity contribution >= 4 is 23.3 Å². The molecular weight excluding hydrogens is 258 g/mol. The van der Waals surface area contributed by atoms with Crippen molar-refractivity contribution in [2.75, 3.05) is 26.2 Å². The van der Waals surface area contributed by atoms with Crippen LogP contribution in [0.25, 0.3) is 0 Å². The van der Waals surface area contributed by atoms with Gasteiger partial charge < -0.3 is 4.90 Å². The van der Waals surface area contributed by atoms with Crippen molar-refractivity contribution in [3.05, 3.63) is 29.8 Å². The van der Waals surface area contributed by atoms with Gasteiger partial charge in [0.15, 0.2) is 0 Å². The second-order valence-corrected chi connectivity index (χ2v) is 11.0. The number of nitrogens with zero attached hydrogens (tertiary/aromatic N) is 1. The topological polar surface area (TPSA) is 3.24 Å². The van der Waals surface area contributed by atoms with Crippen LogP contribution in [0.15, 0.2) is 29.2 Å². The molecule has 0 radical (unpaired) electrons. The zero-order chi connectivity index (χ0) is 10.8. The summed E-state index contributed by atoms with van der Waals surface area (Å²) in [4.78, 5) is 3.64. The highest BCUT2D eigenvalue weighted by atomic mass is 79.9. The van der Waals surface area contributed by atoms with Gasteiger partial charge in [-0.3, -0.25) is 0 Å². The van der Waals surface area contributed by atoms with E-state index in [0.717, 1.165) is 5.88 Å². The lowest BCUT2D eigenvalue weighted by Gasteiger charge is -2.32. The van der Waals surface area contributed by atoms with Crippen LogP contribution in [0.3, 0.4) is 0 Å². The largest absolute Gasteiger partial charge is 0.301 e. The SMILES string of the molecule is Cc1ccc(S(C)(Br)CN(C)C)cc1. The predicted molar refractivity (Wildman–Crippen MR) is 70.4 cm³/mol. The minimum atomic E-state index is -0.838. The van der Waals surface area contributed by atoms with Crippen LogP contribution < -0.4 is 0 Å². The van der Waals surface area contributed by atoms with E-state index in [4.69, 9.17) is 0 Å². The summed E-state index contributed by atoms with van der Waals surface area (Å²) in [6.07, 6.45) is 2.29. The summed E-state index contributed by atoms with van der Waals surface area (Å²) in [5, 5.41) is 0. The molecule has 1 unspecified atom stereocenters. The number of hydrogen-bond acceptors (Lipinski definition) is 1. The minimum absolute atomic E-state index is 0.838. The van der Waals surface area contributed by atoms with Crippen molar-refractivity contribution in [1.82, 2.24) is 4.90 Å². The minimum Gasteiger partial charge on any atom is -0.301 e. The summed E-state index contributed by atoms with van der Waals surface area (Å²) < 4.78 is 0. The van der Waals surface area contributed by atoms with Crippen molar-refractivity contribution < 1.29 is 0 Å². The number of hydrogen-bond donors (Lipinski definition) is 0. The quantitative estimate of drug-likeness (QED) is 0.815. The van der Waals surface area contributed by atoms with Gasteiger partial charge >= 0.3 is 0 Å². The highest BCUT2D eigenvalue weighted by Crippen LogP contribution is 2.59. The van der Waals surface area contributed by atoms with Gasteiger partial charge in [-0.15, -0.1) is 8.46 Å². The molecule has 0 aliphatic rings. The molecule has 1 atom stereocenters. The van der Waals surface area contributed by atoms with E-state index in [0.29, 0.717) is 0 Å². The van der Waals surface area contributed by atoms with Crippen LogP contribution in [0, 0.1) is 6.92 Å². The molecule has 14 heavy (non-hydrogen) atoms. The van der Waals surface area contributed by atoms with Crippen LogP contribution >= 0.6 is 23.3 Å². The number of halogens is 1. The Balaban J connectivity index is 2.86. The maximum Gasteiger partial charge on any atom is 0.0408 e. The van der Waals surface area contributed by atoms with Crippen LogP contribution in [0.2, 0.25) is 0 Å². The fourth-order valence-corrected chi connectivity index (χ4v) is 5.08. The van der Waals surface area contributed by atoms with Crippen molar-refractivity contribution in [3.63, 3.8) is 0 Å². The van der Waals surface area contributed by atoms with Crippen molar-refractivity contribution in [3.8, 4) is 0 Å². The van der Waals surface area contributed by atoms with Crippen LogP contribution in [0.5, 0.6) is 0 Å². The van der Waals surface area contributed by atoms with Crippen molar-refractivity contribution in [2.45, 2.75) is 11.8 Å². The number of aryl methyl sites for hydroxylation is 1. The second-order valence-electron chi connectivity index (χ2n) is 4.00. The lowest BCUT2D eigenvalue weighted by molar-refractivity contribution is 0.483. The molecule has 0 aliphatic carbocycles. The first-order valence-corrected chi connectivity index (χ1v) is 8.64. The van der Waals surface area contributed by atoms with Gasteiger partial charge in [0, 0.05) is 10.8 Å². The van der Waals surface area contributed by atoms with Gasteiger partial charge in [-0.2, -0.15) is 0 Å². The van der Waals surface area contributed by atoms with Crippen LogP contribution in [0.1, 0.15) is 5.56 Å². The van der Waals surface area contributed by atoms with Gasteiger partial charge in [-0.1, -0.05) is 17.7 Å². The molecule has 0 amide bonds. The van der Waals surface area contributed by atoms with Crippen LogP contribution in [-0.2, 0) is 0 Å². The Bertz CT molecular complexity index is 293. The molecule has 1 aromatic carbocycles. The molecule has 0 N–H and O–H groups in total. The van der Waals surface area contributed by atoms with E-state index in [-0.39, 0.29) is 0 Å². The van der Waals surface area contributed by atoms with E-state index in [1.807, 2.05) is 0 Å². The fraction of sp³-hybridized carbons (Fsp3) is 0.455. The maximum atomic E-state index is 3.86. The lowest BCUT2D eigenvalue weighted by Crippen LogP contribution is -2.16. The first kappa shape index (κ1) is 12.1. The van der Waals surface area contributed by atoms with E-state index >= 15 is 0 Å². The Hall–Kier alpha value is 0.01000. The molecule has 1 aromatic rings. The van der Waals surface area contributed by atoms with Gasteiger partial charge in [-0.25, -0.2) is 0 Å². The molecular formula is C11H18BrNS. The van der Waals surface area contributed by atoms with E-state index in [9.17, 15) is 0 Å². The van der Waals surface area contributed by atoms with E-state index in [2.05, 4.69) is 71.3 Å². The van der Waals surface area contributed by atoms with Crippen LogP contribution in [-0.4, -0.2) is 31.1 Å². The Morgan fingerprint density at radius 2 is 1.71 bits per heavy atom. The Kier molecular flexibility index (Phi) is 4.04. The third-order valence-corrected chi connectivity index (χ3v) is 6.01. The normalized spacial score (nSPS) is 17.9. The molecule has 1 rings (SSSR count). The zero-order valence-electron chi connectivity index (χ0n) is 9.25. The highest BCUT2D eigenvalue weighted by molar-refractivity contribution is 9.58. The Morgan fingerprint density at radius 3 is 2.14 bits per heavy atom. The first-order chi connectivity index (χ1) is 6.42. The van der Waals surface area contributed by atoms with Crippen molar-refractivity contribution in [1.29, 1.82) is 0 Å². The summed E-state index contributed by atoms with van der Waals surface area (Å²) in [6.45, 7) is 2.12. The Morgan fingerprint density at radius 1 is 1.21 bits per heavy atom. The Labute approximate surface area is 96.0 Å². The summed E-state index contributed by atoms with van der Waals surface area (Å²) in [5.41, 5.74) is 1.32. The van der Waals surface area contributed by atoms with Crippen molar-refractivity contribution in [2.24, 2.45) is 0 Å². The monoisotopic (exact) mass is 275 g/mol. The molecule has 80 valence electrons. The standard InChI is InChI=1S/C11H18BrNS/c1-10-5-7-11(8-6-10)14(4,12)9-13(2)3/h5-8H,9H2,1-4H3. The summed E-state index contributed by atoms with van der Waals surface area (Å²) >= 11 is 3.86. The lowest BCUT2D eigenvalue weighted by atomic mass is 10.2. The maximum absolute atomic E-state index is 3.86. The highest BCUT2D eigenvalue weighted by Gasteiger charge is 2.17. The summed E-state index contributed by atoms with van der Waals surface area (Å²) in [7, 11) is 3.39. The molecule has 3 heteroatoms. The summed E-state index contributed by atoms with van der Waals surface area (Å²) in [6, 6.07) is 8.81. The number of rotatable bonds is 3. The predicted octanol–water partition coefficient (Wildman–Crippen LogP) is 3.62. The van der Waals surface area contributed by atoms with Gasteiger partial charge in [-0.05, 0) is 54.2 Å². The summed E-state index contributed by atoms with van der Waals surface area (Å²) in [5.74, 6) is 1.08. The molecule has 0 aromatic heterocycles. The average Bonchev–Trinajstić information content (AvgIpc) is 2.02. The molecule has 0 aliphatic heterocycles. The van der Waals surface area contributed by atoms with E-state index in [1.165, 1.54) is 10.5 Å². The molecule has 0 fully saturated rings. The molecule has 1 nitrogen and oxygen atoms in total. The molecule has 0 spiro atoms. The smallest absolute Gasteiger partial charge is 0.0408 e. The van der Waals surface area contributed by atoms with E-state index in [1.54, 1.807) is 0 Å². The third-order valence-electron chi connectivity index (χ3n) is 2.01. The average molecular weight is 276 g/mol. The second kappa shape index (κ2) is 4.69. The molecule has 0 saturated heterocycles. The number of benzene rings is 1. The molecule has 0 heterocycles. The molecule has 0 saturated carbocycles. The van der Waals surface area contributed by atoms with Gasteiger partial charge in [0.2, 0.25) is 0 Å². The van der Waals surface area contributed by atoms with Gasteiger partial charge in [0.05, 0.1) is 0 Å².